The van der Waals surface area contributed by atoms with Gasteiger partial charge in [-0.25, -0.2) is 8.78 Å². The number of alkyl halides is 2. The molecule has 0 aliphatic carbocycles. The lowest BCUT2D eigenvalue weighted by atomic mass is 10.0. The number of ether oxygens (including phenoxy) is 1. The van der Waals surface area contributed by atoms with Gasteiger partial charge in [-0.05, 0) is 35.4 Å². The molecule has 0 spiro atoms. The average Bonchev–Trinajstić information content (AvgIpc) is 2.84. The van der Waals surface area contributed by atoms with Crippen molar-refractivity contribution in [3.8, 4) is 16.9 Å². The Balaban J connectivity index is 2.01. The van der Waals surface area contributed by atoms with Crippen LogP contribution in [0.5, 0.6) is 5.75 Å². The smallest absolute Gasteiger partial charge is 0.272 e. The molecule has 1 heterocycles. The summed E-state index contributed by atoms with van der Waals surface area (Å²) in [6.45, 7) is -0.696. The van der Waals surface area contributed by atoms with Gasteiger partial charge in [0.05, 0.1) is 11.4 Å². The third-order valence-electron chi connectivity index (χ3n) is 3.36. The van der Waals surface area contributed by atoms with Crippen molar-refractivity contribution in [3.05, 3.63) is 47.0 Å². The number of fused-ring (bicyclic) bond motifs is 1. The summed E-state index contributed by atoms with van der Waals surface area (Å²) in [5.74, 6) is 0.227. The van der Waals surface area contributed by atoms with Crippen molar-refractivity contribution < 1.29 is 18.3 Å². The minimum absolute atomic E-state index is 0.0690. The van der Waals surface area contributed by atoms with Gasteiger partial charge in [0.2, 0.25) is 5.91 Å². The highest BCUT2D eigenvalue weighted by atomic mass is 35.5. The van der Waals surface area contributed by atoms with Crippen LogP contribution in [-0.2, 0) is 11.2 Å². The molecule has 1 aliphatic rings. The Morgan fingerprint density at radius 2 is 2.09 bits per heavy atom. The summed E-state index contributed by atoms with van der Waals surface area (Å²) in [6, 6.07) is 10.3. The fourth-order valence-corrected chi connectivity index (χ4v) is 2.72. The largest absolute Gasteiger partial charge is 0.487 e. The molecule has 0 unspecified atom stereocenters. The number of benzene rings is 2. The first-order valence-corrected chi connectivity index (χ1v) is 7.05. The first-order chi connectivity index (χ1) is 10.5. The van der Waals surface area contributed by atoms with Crippen molar-refractivity contribution in [2.45, 2.75) is 12.8 Å². The molecule has 0 aromatic heterocycles. The highest BCUT2D eigenvalue weighted by molar-refractivity contribution is 6.33. The maximum absolute atomic E-state index is 12.4. The zero-order valence-corrected chi connectivity index (χ0v) is 12.2. The maximum Gasteiger partial charge on any atom is 0.272 e. The molecule has 0 atom stereocenters. The highest BCUT2D eigenvalue weighted by Crippen LogP contribution is 2.39. The third-order valence-corrected chi connectivity index (χ3v) is 3.67. The Morgan fingerprint density at radius 3 is 2.86 bits per heavy atom. The summed E-state index contributed by atoms with van der Waals surface area (Å²) in [5, 5.41) is 3.15. The predicted molar refractivity (Wildman–Crippen MR) is 80.7 cm³/mol. The number of rotatable bonds is 4. The lowest BCUT2D eigenvalue weighted by Crippen LogP contribution is -2.07. The quantitative estimate of drug-likeness (QED) is 0.918. The summed E-state index contributed by atoms with van der Waals surface area (Å²) in [6.07, 6.45) is -2.27. The van der Waals surface area contributed by atoms with E-state index < -0.39 is 13.0 Å². The van der Waals surface area contributed by atoms with Crippen LogP contribution < -0.4 is 10.1 Å². The molecule has 1 amide bonds. The molecule has 3 rings (SSSR count). The van der Waals surface area contributed by atoms with Gasteiger partial charge in [0.15, 0.2) is 0 Å². The van der Waals surface area contributed by atoms with Crippen molar-refractivity contribution in [1.82, 2.24) is 0 Å². The van der Waals surface area contributed by atoms with Crippen LogP contribution in [0.2, 0.25) is 5.02 Å². The highest BCUT2D eigenvalue weighted by Gasteiger charge is 2.20. The maximum atomic E-state index is 12.4. The van der Waals surface area contributed by atoms with Crippen LogP contribution in [0, 0.1) is 0 Å². The molecule has 2 aromatic carbocycles. The van der Waals surface area contributed by atoms with Crippen LogP contribution in [-0.4, -0.2) is 18.9 Å². The second-order valence-electron chi connectivity index (χ2n) is 4.91. The number of anilines is 1. The van der Waals surface area contributed by atoms with Gasteiger partial charge in [0, 0.05) is 11.3 Å². The van der Waals surface area contributed by atoms with Crippen molar-refractivity contribution in [2.24, 2.45) is 0 Å². The van der Waals surface area contributed by atoms with Crippen LogP contribution in [0.4, 0.5) is 14.5 Å². The van der Waals surface area contributed by atoms with Crippen LogP contribution >= 0.6 is 11.6 Å². The van der Waals surface area contributed by atoms with Gasteiger partial charge in [-0.3, -0.25) is 4.79 Å². The number of carbonyl (C=O) groups excluding carboxylic acids is 1. The molecular formula is C16H12ClF2NO2. The van der Waals surface area contributed by atoms with E-state index in [1.54, 1.807) is 30.3 Å². The van der Waals surface area contributed by atoms with E-state index in [0.29, 0.717) is 22.8 Å². The number of amides is 1. The molecular weight excluding hydrogens is 312 g/mol. The molecule has 0 radical (unpaired) electrons. The van der Waals surface area contributed by atoms with Crippen LogP contribution in [0.3, 0.4) is 0 Å². The lowest BCUT2D eigenvalue weighted by molar-refractivity contribution is -0.115. The molecule has 1 N–H and O–H groups in total. The van der Waals surface area contributed by atoms with E-state index in [0.717, 1.165) is 16.8 Å². The molecule has 22 heavy (non-hydrogen) atoms. The summed E-state index contributed by atoms with van der Waals surface area (Å²) < 4.78 is 29.9. The number of nitrogens with one attached hydrogen (secondary N) is 1. The van der Waals surface area contributed by atoms with Gasteiger partial charge in [-0.2, -0.15) is 0 Å². The molecule has 114 valence electrons. The molecule has 2 aromatic rings. The fourth-order valence-electron chi connectivity index (χ4n) is 2.44. The van der Waals surface area contributed by atoms with Gasteiger partial charge in [-0.1, -0.05) is 23.7 Å². The zero-order valence-electron chi connectivity index (χ0n) is 11.4. The fraction of sp³-hybridized carbons (Fsp3) is 0.188. The molecule has 6 heteroatoms. The molecule has 0 fully saturated rings. The second kappa shape index (κ2) is 5.93. The first kappa shape index (κ1) is 14.8. The Kier molecular flexibility index (Phi) is 3.98. The number of halogens is 3. The SMILES string of the molecule is O=C1Cc2cc(-c3c(Cl)cccc3OCC(F)F)ccc2N1. The van der Waals surface area contributed by atoms with E-state index in [1.807, 2.05) is 6.07 Å². The monoisotopic (exact) mass is 323 g/mol. The normalized spacial score (nSPS) is 13.2. The number of carbonyl (C=O) groups is 1. The van der Waals surface area contributed by atoms with Crippen molar-refractivity contribution in [3.63, 3.8) is 0 Å². The van der Waals surface area contributed by atoms with Crippen molar-refractivity contribution >= 4 is 23.2 Å². The van der Waals surface area contributed by atoms with E-state index in [2.05, 4.69) is 5.32 Å². The Labute approximate surface area is 130 Å². The molecule has 0 saturated heterocycles. The van der Waals surface area contributed by atoms with Gasteiger partial charge in [-0.15, -0.1) is 0 Å². The summed E-state index contributed by atoms with van der Waals surface area (Å²) >= 11 is 6.21. The van der Waals surface area contributed by atoms with Gasteiger partial charge in [0.1, 0.15) is 12.4 Å². The van der Waals surface area contributed by atoms with E-state index >= 15 is 0 Å². The number of hydrogen-bond acceptors (Lipinski definition) is 2. The Hall–Kier alpha value is -2.14. The zero-order chi connectivity index (χ0) is 15.7. The van der Waals surface area contributed by atoms with E-state index in [9.17, 15) is 13.6 Å². The van der Waals surface area contributed by atoms with E-state index in [1.165, 1.54) is 0 Å². The van der Waals surface area contributed by atoms with Gasteiger partial charge in [0.25, 0.3) is 6.43 Å². The Bertz CT molecular complexity index is 734. The summed E-state index contributed by atoms with van der Waals surface area (Å²) in [4.78, 5) is 11.4. The second-order valence-corrected chi connectivity index (χ2v) is 5.32. The molecule has 0 saturated carbocycles. The standard InChI is InChI=1S/C16H12ClF2NO2/c17-11-2-1-3-13(22-8-14(18)19)16(11)9-4-5-12-10(6-9)7-15(21)20-12/h1-6,14H,7-8H2,(H,20,21). The third kappa shape index (κ3) is 2.90. The number of hydrogen-bond donors (Lipinski definition) is 1. The van der Waals surface area contributed by atoms with Crippen LogP contribution in [0.1, 0.15) is 5.56 Å². The first-order valence-electron chi connectivity index (χ1n) is 6.67. The van der Waals surface area contributed by atoms with Crippen LogP contribution in [0.15, 0.2) is 36.4 Å². The minimum atomic E-state index is -2.56. The van der Waals surface area contributed by atoms with E-state index in [4.69, 9.17) is 16.3 Å². The summed E-state index contributed by atoms with van der Waals surface area (Å²) in [5.41, 5.74) is 2.88. The minimum Gasteiger partial charge on any atom is -0.487 e. The van der Waals surface area contributed by atoms with Crippen LogP contribution in [0.25, 0.3) is 11.1 Å². The van der Waals surface area contributed by atoms with Crippen molar-refractivity contribution in [2.75, 3.05) is 11.9 Å². The molecule has 0 bridgehead atoms. The van der Waals surface area contributed by atoms with Crippen molar-refractivity contribution in [1.29, 1.82) is 0 Å². The van der Waals surface area contributed by atoms with Gasteiger partial charge < -0.3 is 10.1 Å². The Morgan fingerprint density at radius 1 is 1.27 bits per heavy atom. The lowest BCUT2D eigenvalue weighted by Gasteiger charge is -2.13. The van der Waals surface area contributed by atoms with Gasteiger partial charge >= 0.3 is 0 Å². The summed E-state index contributed by atoms with van der Waals surface area (Å²) in [7, 11) is 0. The average molecular weight is 324 g/mol. The predicted octanol–water partition coefficient (Wildman–Crippen LogP) is 4.15. The van der Waals surface area contributed by atoms with E-state index in [-0.39, 0.29) is 5.91 Å². The molecule has 3 nitrogen and oxygen atoms in total. The topological polar surface area (TPSA) is 38.3 Å². The molecule has 1 aliphatic heterocycles.